The Hall–Kier alpha value is -1.89. The van der Waals surface area contributed by atoms with Crippen molar-refractivity contribution in [1.82, 2.24) is 0 Å². The minimum atomic E-state index is 0.897. The minimum Gasteiger partial charge on any atom is -0.266 e. The molecule has 2 aromatic rings. The van der Waals surface area contributed by atoms with Gasteiger partial charge in [-0.25, -0.2) is 0 Å². The average Bonchev–Trinajstić information content (AvgIpc) is 2.43. The van der Waals surface area contributed by atoms with E-state index in [2.05, 4.69) is 68.2 Å². The van der Waals surface area contributed by atoms with Gasteiger partial charge in [0.1, 0.15) is 0 Å². The maximum Gasteiger partial charge on any atom is 0.0401 e. The van der Waals surface area contributed by atoms with Crippen LogP contribution in [-0.4, -0.2) is 6.21 Å². The third kappa shape index (κ3) is 3.31. The Balaban J connectivity index is 2.39. The predicted octanol–water partition coefficient (Wildman–Crippen LogP) is 5.08. The van der Waals surface area contributed by atoms with Gasteiger partial charge in [-0.15, -0.1) is 0 Å². The predicted molar refractivity (Wildman–Crippen MR) is 84.9 cm³/mol. The minimum absolute atomic E-state index is 0.897. The first kappa shape index (κ1) is 13.5. The summed E-state index contributed by atoms with van der Waals surface area (Å²) >= 11 is 0. The van der Waals surface area contributed by atoms with Crippen LogP contribution < -0.4 is 0 Å². The van der Waals surface area contributed by atoms with Gasteiger partial charge in [-0.05, 0) is 36.6 Å². The van der Waals surface area contributed by atoms with Gasteiger partial charge in [0, 0.05) is 18.3 Å². The molecular weight excluding hydrogens is 230 g/mol. The molecule has 0 radical (unpaired) electrons. The van der Waals surface area contributed by atoms with Crippen molar-refractivity contribution in [3.63, 3.8) is 0 Å². The fourth-order valence-electron chi connectivity index (χ4n) is 2.23. The molecule has 0 aliphatic heterocycles. The normalized spacial score (nSPS) is 12.5. The Morgan fingerprint density at radius 1 is 1.21 bits per heavy atom. The lowest BCUT2D eigenvalue weighted by atomic mass is 9.99. The average molecular weight is 251 g/mol. The van der Waals surface area contributed by atoms with E-state index in [1.54, 1.807) is 0 Å². The summed E-state index contributed by atoms with van der Waals surface area (Å²) in [7, 11) is 0. The van der Waals surface area contributed by atoms with Crippen LogP contribution in [0.1, 0.15) is 31.4 Å². The molecule has 1 heteroatoms. The second-order valence-electron chi connectivity index (χ2n) is 4.82. The van der Waals surface area contributed by atoms with Gasteiger partial charge in [-0.2, -0.15) is 0 Å². The Morgan fingerprint density at radius 2 is 2.05 bits per heavy atom. The first-order chi connectivity index (χ1) is 9.24. The fourth-order valence-corrected chi connectivity index (χ4v) is 2.23. The van der Waals surface area contributed by atoms with Crippen LogP contribution in [0.2, 0.25) is 0 Å². The van der Waals surface area contributed by atoms with Crippen LogP contribution in [0, 0.1) is 6.92 Å². The summed E-state index contributed by atoms with van der Waals surface area (Å²) in [6.45, 7) is 6.30. The zero-order chi connectivity index (χ0) is 13.7. The first-order valence-electron chi connectivity index (χ1n) is 6.90. The van der Waals surface area contributed by atoms with Crippen LogP contribution in [0.3, 0.4) is 0 Å². The summed E-state index contributed by atoms with van der Waals surface area (Å²) in [5.41, 5.74) is 3.79. The zero-order valence-corrected chi connectivity index (χ0v) is 12.0. The van der Waals surface area contributed by atoms with Crippen molar-refractivity contribution in [3.05, 3.63) is 59.3 Å². The summed E-state index contributed by atoms with van der Waals surface area (Å²) in [5.74, 6) is 0. The second-order valence-corrected chi connectivity index (χ2v) is 4.82. The van der Waals surface area contributed by atoms with Gasteiger partial charge < -0.3 is 0 Å². The van der Waals surface area contributed by atoms with Gasteiger partial charge in [0.2, 0.25) is 0 Å². The molecule has 0 aromatic heterocycles. The van der Waals surface area contributed by atoms with Crippen molar-refractivity contribution >= 4 is 17.0 Å². The third-order valence-corrected chi connectivity index (χ3v) is 3.27. The van der Waals surface area contributed by atoms with E-state index in [4.69, 9.17) is 0 Å². The molecule has 0 atom stereocenters. The number of allylic oxidation sites excluding steroid dienone is 2. The monoisotopic (exact) mass is 251 g/mol. The van der Waals surface area contributed by atoms with E-state index >= 15 is 0 Å². The second kappa shape index (κ2) is 6.33. The number of rotatable bonds is 4. The fraction of sp³-hybridized carbons (Fsp3) is 0.278. The molecule has 0 saturated carbocycles. The number of aliphatic imine (C=N–C) groups is 1. The topological polar surface area (TPSA) is 12.4 Å². The number of hydrogen-bond donors (Lipinski definition) is 0. The first-order valence-corrected chi connectivity index (χ1v) is 6.90. The van der Waals surface area contributed by atoms with E-state index in [-0.39, 0.29) is 0 Å². The number of aryl methyl sites for hydroxylation is 1. The van der Waals surface area contributed by atoms with Gasteiger partial charge in [0.15, 0.2) is 0 Å². The Labute approximate surface area is 115 Å². The largest absolute Gasteiger partial charge is 0.266 e. The van der Waals surface area contributed by atoms with E-state index < -0.39 is 0 Å². The highest BCUT2D eigenvalue weighted by molar-refractivity contribution is 5.86. The summed E-state index contributed by atoms with van der Waals surface area (Å²) in [6.07, 6.45) is 5.95. The van der Waals surface area contributed by atoms with E-state index in [1.165, 1.54) is 21.9 Å². The maximum absolute atomic E-state index is 4.52. The molecule has 0 fully saturated rings. The van der Waals surface area contributed by atoms with Crippen LogP contribution in [0.5, 0.6) is 0 Å². The van der Waals surface area contributed by atoms with E-state index in [9.17, 15) is 0 Å². The molecule has 0 aliphatic rings. The molecule has 19 heavy (non-hydrogen) atoms. The lowest BCUT2D eigenvalue weighted by Gasteiger charge is -2.08. The smallest absolute Gasteiger partial charge is 0.0401 e. The third-order valence-electron chi connectivity index (χ3n) is 3.27. The Kier molecular flexibility index (Phi) is 4.51. The number of benzene rings is 2. The van der Waals surface area contributed by atoms with E-state index in [0.717, 1.165) is 18.5 Å². The quantitative estimate of drug-likeness (QED) is 0.672. The van der Waals surface area contributed by atoms with Crippen molar-refractivity contribution in [1.29, 1.82) is 0 Å². The van der Waals surface area contributed by atoms with Gasteiger partial charge in [0.05, 0.1) is 0 Å². The Morgan fingerprint density at radius 3 is 2.79 bits per heavy atom. The summed E-state index contributed by atoms with van der Waals surface area (Å²) < 4.78 is 0. The molecule has 0 spiro atoms. The highest BCUT2D eigenvalue weighted by atomic mass is 14.7. The summed E-state index contributed by atoms with van der Waals surface area (Å²) in [4.78, 5) is 4.52. The van der Waals surface area contributed by atoms with Crippen molar-refractivity contribution in [2.45, 2.75) is 33.6 Å². The van der Waals surface area contributed by atoms with Gasteiger partial charge in [-0.3, -0.25) is 4.99 Å². The summed E-state index contributed by atoms with van der Waals surface area (Å²) in [5, 5.41) is 2.64. The molecule has 0 unspecified atom stereocenters. The Bertz CT molecular complexity index is 621. The number of hydrogen-bond acceptors (Lipinski definition) is 1. The van der Waals surface area contributed by atoms with Crippen LogP contribution in [-0.2, 0) is 6.42 Å². The van der Waals surface area contributed by atoms with Crippen LogP contribution in [0.25, 0.3) is 10.8 Å². The van der Waals surface area contributed by atoms with Crippen LogP contribution >= 0.6 is 0 Å². The molecule has 0 N–H and O–H groups in total. The SMILES string of the molecule is C/C=C(/Cc1cccc2ccc(C)cc12)N=CCC. The number of nitrogens with zero attached hydrogens (tertiary/aromatic N) is 1. The van der Waals surface area contributed by atoms with Gasteiger partial charge in [0.25, 0.3) is 0 Å². The van der Waals surface area contributed by atoms with Gasteiger partial charge in [-0.1, -0.05) is 55.0 Å². The molecule has 2 rings (SSSR count). The highest BCUT2D eigenvalue weighted by Crippen LogP contribution is 2.22. The maximum atomic E-state index is 4.52. The lowest BCUT2D eigenvalue weighted by Crippen LogP contribution is -1.91. The summed E-state index contributed by atoms with van der Waals surface area (Å²) in [6, 6.07) is 13.1. The molecule has 0 aliphatic carbocycles. The van der Waals surface area contributed by atoms with E-state index in [0.29, 0.717) is 0 Å². The van der Waals surface area contributed by atoms with Gasteiger partial charge >= 0.3 is 0 Å². The van der Waals surface area contributed by atoms with Crippen LogP contribution in [0.4, 0.5) is 0 Å². The highest BCUT2D eigenvalue weighted by Gasteiger charge is 2.03. The molecular formula is C18H21N. The van der Waals surface area contributed by atoms with Crippen molar-refractivity contribution in [2.75, 3.05) is 0 Å². The molecule has 1 nitrogen and oxygen atoms in total. The van der Waals surface area contributed by atoms with Crippen molar-refractivity contribution in [3.8, 4) is 0 Å². The molecule has 0 bridgehead atoms. The van der Waals surface area contributed by atoms with E-state index in [1.807, 2.05) is 6.21 Å². The standard InChI is InChI=1S/C18H21N/c1-4-11-19-17(5-2)13-16-8-6-7-15-10-9-14(3)12-18(15)16/h5-12H,4,13H2,1-3H3/b17-5-,19-11?. The molecule has 98 valence electrons. The van der Waals surface area contributed by atoms with Crippen molar-refractivity contribution in [2.24, 2.45) is 4.99 Å². The molecule has 2 aromatic carbocycles. The zero-order valence-electron chi connectivity index (χ0n) is 12.0. The molecule has 0 amide bonds. The van der Waals surface area contributed by atoms with Crippen molar-refractivity contribution < 1.29 is 0 Å². The molecule has 0 heterocycles. The number of fused-ring (bicyclic) bond motifs is 1. The lowest BCUT2D eigenvalue weighted by molar-refractivity contribution is 1.11. The molecule has 0 saturated heterocycles. The van der Waals surface area contributed by atoms with Crippen LogP contribution in [0.15, 0.2) is 53.2 Å².